The Labute approximate surface area is 178 Å². The van der Waals surface area contributed by atoms with Gasteiger partial charge in [0.05, 0.1) is 23.6 Å². The molecule has 0 saturated heterocycles. The summed E-state index contributed by atoms with van der Waals surface area (Å²) in [5, 5.41) is 1.20. The lowest BCUT2D eigenvalue weighted by atomic mass is 9.89. The van der Waals surface area contributed by atoms with Crippen molar-refractivity contribution >= 4 is 39.9 Å². The summed E-state index contributed by atoms with van der Waals surface area (Å²) in [5.41, 5.74) is 1.15. The number of benzene rings is 2. The van der Waals surface area contributed by atoms with E-state index in [0.717, 1.165) is 16.9 Å². The number of carbonyl (C=O) groups is 1. The van der Waals surface area contributed by atoms with Gasteiger partial charge in [0.1, 0.15) is 10.6 Å². The molecule has 1 atom stereocenters. The van der Waals surface area contributed by atoms with E-state index in [9.17, 15) is 14.4 Å². The molecule has 0 bridgehead atoms. The molecule has 148 valence electrons. The predicted octanol–water partition coefficient (Wildman–Crippen LogP) is 4.37. The average Bonchev–Trinajstić information content (AvgIpc) is 2.73. The van der Waals surface area contributed by atoms with Crippen LogP contribution in [0.1, 0.15) is 23.5 Å². The van der Waals surface area contributed by atoms with Crippen molar-refractivity contribution in [1.82, 2.24) is 4.98 Å². The van der Waals surface area contributed by atoms with Gasteiger partial charge >= 0.3 is 5.97 Å². The van der Waals surface area contributed by atoms with Crippen molar-refractivity contribution in [2.75, 3.05) is 0 Å². The summed E-state index contributed by atoms with van der Waals surface area (Å²) < 4.78 is 10.5. The first kappa shape index (κ1) is 18.7. The Morgan fingerprint density at radius 1 is 1.07 bits per heavy atom. The van der Waals surface area contributed by atoms with Crippen molar-refractivity contribution in [3.05, 3.63) is 90.7 Å². The molecule has 8 heteroatoms. The Morgan fingerprint density at radius 3 is 2.67 bits per heavy atom. The molecule has 0 spiro atoms. The lowest BCUT2D eigenvalue weighted by Gasteiger charge is -2.22. The van der Waals surface area contributed by atoms with Crippen LogP contribution in [0.4, 0.5) is 0 Å². The van der Waals surface area contributed by atoms with E-state index >= 15 is 0 Å². The van der Waals surface area contributed by atoms with Crippen LogP contribution in [0.25, 0.3) is 21.5 Å². The van der Waals surface area contributed by atoms with Crippen LogP contribution in [0.3, 0.4) is 0 Å². The molecule has 0 amide bonds. The first-order chi connectivity index (χ1) is 14.5. The third-order valence-corrected chi connectivity index (χ3v) is 6.09. The highest BCUT2D eigenvalue weighted by Crippen LogP contribution is 2.37. The van der Waals surface area contributed by atoms with Crippen molar-refractivity contribution in [3.63, 3.8) is 0 Å². The third-order valence-electron chi connectivity index (χ3n) is 4.93. The number of rotatable bonds is 2. The molecule has 0 fully saturated rings. The molecule has 0 N–H and O–H groups in total. The molecule has 5 rings (SSSR count). The van der Waals surface area contributed by atoms with E-state index in [1.54, 1.807) is 18.2 Å². The molecular weight excluding hydrogens is 426 g/mol. The third kappa shape index (κ3) is 3.12. The molecular formula is C22H12ClNO5S. The second-order valence-electron chi connectivity index (χ2n) is 6.78. The van der Waals surface area contributed by atoms with Crippen molar-refractivity contribution in [1.29, 1.82) is 0 Å². The largest absolute Gasteiger partial charge is 0.464 e. The number of nitrogens with zero attached hydrogens (tertiary/aromatic N) is 1. The Bertz CT molecular complexity index is 1430. The molecule has 2 aromatic heterocycles. The fourth-order valence-electron chi connectivity index (χ4n) is 3.52. The van der Waals surface area contributed by atoms with Crippen molar-refractivity contribution in [3.8, 4) is 16.5 Å². The minimum absolute atomic E-state index is 0.0607. The molecule has 2 aromatic carbocycles. The van der Waals surface area contributed by atoms with E-state index < -0.39 is 11.9 Å². The molecule has 1 unspecified atom stereocenters. The van der Waals surface area contributed by atoms with Crippen LogP contribution in [0.2, 0.25) is 5.02 Å². The summed E-state index contributed by atoms with van der Waals surface area (Å²) in [7, 11) is 0. The normalized spacial score (nSPS) is 15.6. The van der Waals surface area contributed by atoms with Gasteiger partial charge in [-0.1, -0.05) is 53.3 Å². The molecule has 0 saturated carbocycles. The monoisotopic (exact) mass is 437 g/mol. The molecule has 1 aliphatic rings. The lowest BCUT2D eigenvalue weighted by Crippen LogP contribution is -2.29. The minimum Gasteiger partial charge on any atom is -0.464 e. The molecule has 30 heavy (non-hydrogen) atoms. The molecule has 0 radical (unpaired) electrons. The van der Waals surface area contributed by atoms with Crippen LogP contribution in [0.15, 0.2) is 68.8 Å². The van der Waals surface area contributed by atoms with Gasteiger partial charge in [0, 0.05) is 28.1 Å². The van der Waals surface area contributed by atoms with Gasteiger partial charge in [0.2, 0.25) is 10.6 Å². The zero-order valence-corrected chi connectivity index (χ0v) is 16.8. The van der Waals surface area contributed by atoms with Crippen LogP contribution in [-0.4, -0.2) is 11.0 Å². The van der Waals surface area contributed by atoms with Gasteiger partial charge in [-0.25, -0.2) is 4.98 Å². The second kappa shape index (κ2) is 7.19. The van der Waals surface area contributed by atoms with E-state index in [0.29, 0.717) is 21.0 Å². The van der Waals surface area contributed by atoms with Crippen molar-refractivity contribution in [2.24, 2.45) is 0 Å². The van der Waals surface area contributed by atoms with Gasteiger partial charge in [0.15, 0.2) is 5.43 Å². The van der Waals surface area contributed by atoms with E-state index in [1.165, 1.54) is 6.26 Å². The summed E-state index contributed by atoms with van der Waals surface area (Å²) in [5.74, 6) is -1.42. The average molecular weight is 438 g/mol. The van der Waals surface area contributed by atoms with Crippen LogP contribution < -0.4 is 14.9 Å². The summed E-state index contributed by atoms with van der Waals surface area (Å²) in [4.78, 5) is 42.8. The number of esters is 1. The Balaban J connectivity index is 1.70. The van der Waals surface area contributed by atoms with Gasteiger partial charge in [-0.15, -0.1) is 0 Å². The number of ether oxygens (including phenoxy) is 1. The summed E-state index contributed by atoms with van der Waals surface area (Å²) in [6.45, 7) is 0. The van der Waals surface area contributed by atoms with Crippen molar-refractivity contribution in [2.45, 2.75) is 12.3 Å². The van der Waals surface area contributed by atoms with E-state index in [1.807, 2.05) is 30.3 Å². The molecule has 1 aliphatic heterocycles. The maximum atomic E-state index is 13.1. The van der Waals surface area contributed by atoms with E-state index in [4.69, 9.17) is 20.8 Å². The first-order valence-corrected chi connectivity index (χ1v) is 10.2. The standard InChI is InChI=1S/C22H12ClNO5S/c23-12-6-7-13-16(8-12)28-10-15(19(13)26)14-9-17(25)29-20-18(14)22(27)30-21(24-20)11-4-2-1-3-5-11/h1-8,10,14H,9H2. The quantitative estimate of drug-likeness (QED) is 0.433. The smallest absolute Gasteiger partial charge is 0.313 e. The molecule has 6 nitrogen and oxygen atoms in total. The fraction of sp³-hybridized carbons (Fsp3) is 0.0909. The minimum atomic E-state index is -0.793. The predicted molar refractivity (Wildman–Crippen MR) is 113 cm³/mol. The number of fused-ring (bicyclic) bond motifs is 2. The summed E-state index contributed by atoms with van der Waals surface area (Å²) >= 11 is 6.91. The topological polar surface area (TPSA) is 86.5 Å². The van der Waals surface area contributed by atoms with Gasteiger partial charge in [0.25, 0.3) is 0 Å². The highest BCUT2D eigenvalue weighted by atomic mass is 35.5. The Morgan fingerprint density at radius 2 is 1.87 bits per heavy atom. The fourth-order valence-corrected chi connectivity index (χ4v) is 4.58. The van der Waals surface area contributed by atoms with Gasteiger partial charge < -0.3 is 9.15 Å². The summed E-state index contributed by atoms with van der Waals surface area (Å²) in [6.07, 6.45) is 1.13. The van der Waals surface area contributed by atoms with Crippen molar-refractivity contribution < 1.29 is 13.9 Å². The molecule has 3 heterocycles. The number of hydrogen-bond acceptors (Lipinski definition) is 7. The number of hydrogen-bond donors (Lipinski definition) is 0. The highest BCUT2D eigenvalue weighted by Gasteiger charge is 2.35. The second-order valence-corrected chi connectivity index (χ2v) is 8.18. The Kier molecular flexibility index (Phi) is 4.49. The van der Waals surface area contributed by atoms with Crippen LogP contribution in [0.5, 0.6) is 5.88 Å². The van der Waals surface area contributed by atoms with Crippen LogP contribution in [-0.2, 0) is 4.79 Å². The van der Waals surface area contributed by atoms with Gasteiger partial charge in [-0.2, -0.15) is 0 Å². The highest BCUT2D eigenvalue weighted by molar-refractivity contribution is 7.12. The van der Waals surface area contributed by atoms with Gasteiger partial charge in [-0.05, 0) is 12.1 Å². The molecule has 0 aliphatic carbocycles. The van der Waals surface area contributed by atoms with Gasteiger partial charge in [-0.3, -0.25) is 14.4 Å². The number of aromatic nitrogens is 1. The van der Waals surface area contributed by atoms with E-state index in [2.05, 4.69) is 4.98 Å². The maximum absolute atomic E-state index is 13.1. The SMILES string of the molecule is O=C1CC(c2coc3cc(Cl)ccc3c2=O)c2c(nc(-c3ccccc3)sc2=O)O1. The maximum Gasteiger partial charge on any atom is 0.313 e. The van der Waals surface area contributed by atoms with Crippen LogP contribution >= 0.6 is 22.9 Å². The molecule has 4 aromatic rings. The first-order valence-electron chi connectivity index (χ1n) is 9.03. The number of carbonyl (C=O) groups excluding carboxylic acids is 1. The zero-order chi connectivity index (χ0) is 20.8. The zero-order valence-electron chi connectivity index (χ0n) is 15.3. The lowest BCUT2D eigenvalue weighted by molar-refractivity contribution is -0.135. The van der Waals surface area contributed by atoms with Crippen LogP contribution in [0, 0.1) is 0 Å². The van der Waals surface area contributed by atoms with E-state index in [-0.39, 0.29) is 33.6 Å². The Hall–Kier alpha value is -3.29. The number of halogens is 1. The summed E-state index contributed by atoms with van der Waals surface area (Å²) in [6, 6.07) is 13.8.